The number of urea groups is 1. The van der Waals surface area contributed by atoms with Crippen LogP contribution < -0.4 is 15.8 Å². The molecule has 0 aliphatic heterocycles. The molecule has 2 aromatic carbocycles. The Kier molecular flexibility index (Phi) is 5.02. The summed E-state index contributed by atoms with van der Waals surface area (Å²) in [5.74, 6) is 0. The van der Waals surface area contributed by atoms with Crippen molar-refractivity contribution in [3.8, 4) is 0 Å². The molecule has 2 amide bonds. The van der Waals surface area contributed by atoms with Gasteiger partial charge >= 0.3 is 6.03 Å². The smallest absolute Gasteiger partial charge is 0.315 e. The average Bonchev–Trinajstić information content (AvgIpc) is 3.41. The Morgan fingerprint density at radius 3 is 2.46 bits per heavy atom. The van der Waals surface area contributed by atoms with E-state index >= 15 is 0 Å². The van der Waals surface area contributed by atoms with E-state index in [1.165, 1.54) is 17.7 Å². The number of carbonyl (C=O) groups excluding carboxylic acids is 1. The fourth-order valence-electron chi connectivity index (χ4n) is 3.05. The second-order valence-corrected chi connectivity index (χ2v) is 8.37. The predicted molar refractivity (Wildman–Crippen MR) is 100 cm³/mol. The highest BCUT2D eigenvalue weighted by molar-refractivity contribution is 7.89. The number of amides is 2. The number of benzene rings is 2. The van der Waals surface area contributed by atoms with Crippen LogP contribution in [0, 0.1) is 0 Å². The van der Waals surface area contributed by atoms with Crippen molar-refractivity contribution in [2.45, 2.75) is 36.1 Å². The normalized spacial score (nSPS) is 16.5. The second-order valence-electron chi connectivity index (χ2n) is 6.81. The van der Waals surface area contributed by atoms with Crippen LogP contribution in [0.15, 0.2) is 59.5 Å². The van der Waals surface area contributed by atoms with Gasteiger partial charge in [-0.2, -0.15) is 0 Å². The third-order valence-corrected chi connectivity index (χ3v) is 5.77. The molecule has 3 rings (SSSR count). The summed E-state index contributed by atoms with van der Waals surface area (Å²) in [6.45, 7) is 2.37. The minimum absolute atomic E-state index is 0.0325. The summed E-state index contributed by atoms with van der Waals surface area (Å²) in [6, 6.07) is 15.8. The summed E-state index contributed by atoms with van der Waals surface area (Å²) in [4.78, 5) is 12.3. The van der Waals surface area contributed by atoms with E-state index in [2.05, 4.69) is 22.8 Å². The number of hydrogen-bond donors (Lipinski definition) is 3. The molecule has 0 bridgehead atoms. The van der Waals surface area contributed by atoms with Gasteiger partial charge in [-0.3, -0.25) is 0 Å². The van der Waals surface area contributed by atoms with Crippen LogP contribution in [0.25, 0.3) is 0 Å². The highest BCUT2D eigenvalue weighted by atomic mass is 32.2. The Morgan fingerprint density at radius 1 is 1.15 bits per heavy atom. The molecule has 1 atom stereocenters. The van der Waals surface area contributed by atoms with Gasteiger partial charge < -0.3 is 10.6 Å². The van der Waals surface area contributed by atoms with Gasteiger partial charge in [-0.1, -0.05) is 42.5 Å². The number of primary sulfonamides is 1. The van der Waals surface area contributed by atoms with Crippen LogP contribution in [0.5, 0.6) is 0 Å². The fourth-order valence-corrected chi connectivity index (χ4v) is 3.62. The van der Waals surface area contributed by atoms with Crippen LogP contribution in [0.1, 0.15) is 36.9 Å². The minimum atomic E-state index is -3.77. The third kappa shape index (κ3) is 4.23. The first kappa shape index (κ1) is 18.4. The van der Waals surface area contributed by atoms with Gasteiger partial charge in [0.2, 0.25) is 10.0 Å². The van der Waals surface area contributed by atoms with Crippen molar-refractivity contribution in [2.75, 3.05) is 6.54 Å². The van der Waals surface area contributed by atoms with Crippen LogP contribution in [0.2, 0.25) is 0 Å². The Bertz CT molecular complexity index is 893. The first-order valence-corrected chi connectivity index (χ1v) is 10.1. The molecule has 26 heavy (non-hydrogen) atoms. The molecule has 1 unspecified atom stereocenters. The number of hydrogen-bond acceptors (Lipinski definition) is 3. The number of sulfonamides is 1. The first-order valence-electron chi connectivity index (χ1n) is 8.53. The van der Waals surface area contributed by atoms with Gasteiger partial charge in [-0.25, -0.2) is 18.4 Å². The minimum Gasteiger partial charge on any atom is -0.337 e. The van der Waals surface area contributed by atoms with E-state index in [1.807, 2.05) is 18.2 Å². The van der Waals surface area contributed by atoms with Gasteiger partial charge in [-0.05, 0) is 43.0 Å². The van der Waals surface area contributed by atoms with Crippen molar-refractivity contribution in [3.05, 3.63) is 65.7 Å². The summed E-state index contributed by atoms with van der Waals surface area (Å²) in [6.07, 6.45) is 2.12. The molecule has 1 aliphatic carbocycles. The van der Waals surface area contributed by atoms with E-state index in [4.69, 9.17) is 5.14 Å². The molecule has 0 heterocycles. The topological polar surface area (TPSA) is 101 Å². The zero-order chi connectivity index (χ0) is 18.8. The van der Waals surface area contributed by atoms with Crippen molar-refractivity contribution >= 4 is 16.1 Å². The summed E-state index contributed by atoms with van der Waals surface area (Å²) >= 11 is 0. The van der Waals surface area contributed by atoms with Gasteiger partial charge in [0, 0.05) is 12.0 Å². The van der Waals surface area contributed by atoms with Gasteiger partial charge in [0.05, 0.1) is 10.9 Å². The van der Waals surface area contributed by atoms with Crippen molar-refractivity contribution in [1.29, 1.82) is 0 Å². The lowest BCUT2D eigenvalue weighted by Gasteiger charge is -2.19. The summed E-state index contributed by atoms with van der Waals surface area (Å²) < 4.78 is 22.9. The molecule has 0 aromatic heterocycles. The van der Waals surface area contributed by atoms with Crippen molar-refractivity contribution < 1.29 is 13.2 Å². The standard InChI is InChI=1S/C19H23N3O3S/c1-14(15-6-5-9-17(12-15)26(20,24)25)22-18(23)21-13-19(10-11-19)16-7-3-2-4-8-16/h2-9,12,14H,10-11,13H2,1H3,(H2,20,24,25)(H2,21,22,23). The highest BCUT2D eigenvalue weighted by Gasteiger charge is 2.44. The Labute approximate surface area is 153 Å². The van der Waals surface area contributed by atoms with Gasteiger partial charge in [0.25, 0.3) is 0 Å². The quantitative estimate of drug-likeness (QED) is 0.725. The molecule has 7 heteroatoms. The third-order valence-electron chi connectivity index (χ3n) is 4.86. The van der Waals surface area contributed by atoms with E-state index in [1.54, 1.807) is 19.1 Å². The molecule has 1 saturated carbocycles. The van der Waals surface area contributed by atoms with E-state index < -0.39 is 10.0 Å². The molecular weight excluding hydrogens is 350 g/mol. The van der Waals surface area contributed by atoms with Gasteiger partial charge in [0.15, 0.2) is 0 Å². The maximum Gasteiger partial charge on any atom is 0.315 e. The lowest BCUT2D eigenvalue weighted by molar-refractivity contribution is 0.237. The molecule has 0 radical (unpaired) electrons. The van der Waals surface area contributed by atoms with Crippen LogP contribution in [-0.2, 0) is 15.4 Å². The maximum absolute atomic E-state index is 12.2. The number of nitrogens with one attached hydrogen (secondary N) is 2. The van der Waals surface area contributed by atoms with Gasteiger partial charge in [-0.15, -0.1) is 0 Å². The van der Waals surface area contributed by atoms with Crippen molar-refractivity contribution in [2.24, 2.45) is 5.14 Å². The average molecular weight is 373 g/mol. The lowest BCUT2D eigenvalue weighted by Crippen LogP contribution is -2.40. The molecule has 4 N–H and O–H groups in total. The largest absolute Gasteiger partial charge is 0.337 e. The molecule has 0 spiro atoms. The first-order chi connectivity index (χ1) is 12.3. The predicted octanol–water partition coefficient (Wildman–Crippen LogP) is 2.43. The van der Waals surface area contributed by atoms with Crippen LogP contribution >= 0.6 is 0 Å². The van der Waals surface area contributed by atoms with Crippen molar-refractivity contribution in [3.63, 3.8) is 0 Å². The Morgan fingerprint density at radius 2 is 1.85 bits per heavy atom. The maximum atomic E-state index is 12.2. The zero-order valence-electron chi connectivity index (χ0n) is 14.6. The monoisotopic (exact) mass is 373 g/mol. The van der Waals surface area contributed by atoms with E-state index in [-0.39, 0.29) is 22.4 Å². The van der Waals surface area contributed by atoms with Gasteiger partial charge in [0.1, 0.15) is 0 Å². The van der Waals surface area contributed by atoms with Crippen LogP contribution in [0.4, 0.5) is 4.79 Å². The molecule has 138 valence electrons. The molecule has 6 nitrogen and oxygen atoms in total. The summed E-state index contributed by atoms with van der Waals surface area (Å²) in [5, 5.41) is 10.9. The Hall–Kier alpha value is -2.38. The van der Waals surface area contributed by atoms with Crippen LogP contribution in [-0.4, -0.2) is 21.0 Å². The molecule has 0 saturated heterocycles. The summed E-state index contributed by atoms with van der Waals surface area (Å²) in [7, 11) is -3.77. The van der Waals surface area contributed by atoms with E-state index in [9.17, 15) is 13.2 Å². The number of carbonyl (C=O) groups is 1. The lowest BCUT2D eigenvalue weighted by atomic mass is 9.96. The van der Waals surface area contributed by atoms with Crippen LogP contribution in [0.3, 0.4) is 0 Å². The highest BCUT2D eigenvalue weighted by Crippen LogP contribution is 2.47. The van der Waals surface area contributed by atoms with E-state index in [0.29, 0.717) is 12.1 Å². The Balaban J connectivity index is 1.59. The molecule has 2 aromatic rings. The zero-order valence-corrected chi connectivity index (χ0v) is 15.4. The fraction of sp³-hybridized carbons (Fsp3) is 0.316. The second kappa shape index (κ2) is 7.09. The number of rotatable bonds is 6. The molecule has 1 fully saturated rings. The van der Waals surface area contributed by atoms with Crippen molar-refractivity contribution in [1.82, 2.24) is 10.6 Å². The number of nitrogens with two attached hydrogens (primary N) is 1. The molecule has 1 aliphatic rings. The van der Waals surface area contributed by atoms with E-state index in [0.717, 1.165) is 12.8 Å². The summed E-state index contributed by atoms with van der Waals surface area (Å²) in [5.41, 5.74) is 1.96. The molecular formula is C19H23N3O3S. The SMILES string of the molecule is CC(NC(=O)NCC1(c2ccccc2)CC1)c1cccc(S(N)(=O)=O)c1.